The molecule has 5 nitrogen and oxygen atoms in total. The zero-order valence-corrected chi connectivity index (χ0v) is 18.1. The van der Waals surface area contributed by atoms with Crippen LogP contribution >= 0.6 is 0 Å². The molecule has 0 aromatic heterocycles. The molecule has 0 atom stereocenters. The van der Waals surface area contributed by atoms with Crippen LogP contribution in [0.5, 0.6) is 0 Å². The fourth-order valence-electron chi connectivity index (χ4n) is 3.80. The van der Waals surface area contributed by atoms with Crippen molar-refractivity contribution >= 4 is 12.0 Å². The summed E-state index contributed by atoms with van der Waals surface area (Å²) in [4.78, 5) is 26.7. The molecule has 3 rings (SSSR count). The number of carbonyl (C=O) groups is 2. The molecule has 0 bridgehead atoms. The molecule has 160 valence electrons. The highest BCUT2D eigenvalue weighted by Gasteiger charge is 2.30. The number of hydrogen-bond acceptors (Lipinski definition) is 3. The molecule has 1 heterocycles. The molecular formula is C25H32N2O3. The van der Waals surface area contributed by atoms with Crippen LogP contribution in [0.25, 0.3) is 0 Å². The van der Waals surface area contributed by atoms with Crippen LogP contribution in [0.3, 0.4) is 0 Å². The first-order valence-electron chi connectivity index (χ1n) is 10.7. The number of benzene rings is 2. The van der Waals surface area contributed by atoms with Crippen LogP contribution in [0.2, 0.25) is 0 Å². The van der Waals surface area contributed by atoms with Gasteiger partial charge in [0, 0.05) is 31.5 Å². The third-order valence-corrected chi connectivity index (χ3v) is 5.40. The summed E-state index contributed by atoms with van der Waals surface area (Å²) < 4.78 is 5.44. The van der Waals surface area contributed by atoms with Crippen molar-refractivity contribution in [2.24, 2.45) is 5.92 Å². The third-order valence-electron chi connectivity index (χ3n) is 5.40. The summed E-state index contributed by atoms with van der Waals surface area (Å²) in [6, 6.07) is 20.5. The zero-order valence-electron chi connectivity index (χ0n) is 18.1. The molecule has 1 fully saturated rings. The summed E-state index contributed by atoms with van der Waals surface area (Å²) in [5.74, 6) is 0.102. The average Bonchev–Trinajstić information content (AvgIpc) is 2.74. The van der Waals surface area contributed by atoms with Crippen LogP contribution in [-0.4, -0.2) is 42.1 Å². The largest absolute Gasteiger partial charge is 0.444 e. The van der Waals surface area contributed by atoms with Gasteiger partial charge in [0.25, 0.3) is 0 Å². The molecule has 1 aliphatic heterocycles. The molecule has 1 saturated heterocycles. The van der Waals surface area contributed by atoms with Crippen LogP contribution in [0.15, 0.2) is 60.7 Å². The lowest BCUT2D eigenvalue weighted by Gasteiger charge is -2.33. The number of nitrogens with zero attached hydrogens (tertiary/aromatic N) is 1. The number of piperidine rings is 1. The molecule has 0 aliphatic carbocycles. The topological polar surface area (TPSA) is 58.6 Å². The Balaban J connectivity index is 1.56. The molecular weight excluding hydrogens is 376 g/mol. The van der Waals surface area contributed by atoms with Crippen molar-refractivity contribution < 1.29 is 14.3 Å². The summed E-state index contributed by atoms with van der Waals surface area (Å²) in [7, 11) is 0. The van der Waals surface area contributed by atoms with Gasteiger partial charge in [-0.15, -0.1) is 0 Å². The number of rotatable bonds is 5. The lowest BCUT2D eigenvalue weighted by atomic mass is 9.90. The van der Waals surface area contributed by atoms with Crippen LogP contribution in [0.1, 0.15) is 50.7 Å². The van der Waals surface area contributed by atoms with E-state index in [0.29, 0.717) is 32.5 Å². The number of ether oxygens (including phenoxy) is 1. The molecule has 1 aliphatic rings. The maximum Gasteiger partial charge on any atom is 0.410 e. The van der Waals surface area contributed by atoms with Gasteiger partial charge in [-0.1, -0.05) is 60.7 Å². The fraction of sp³-hybridized carbons (Fsp3) is 0.440. The van der Waals surface area contributed by atoms with E-state index in [-0.39, 0.29) is 23.8 Å². The molecule has 2 aromatic rings. The molecule has 0 spiro atoms. The summed E-state index contributed by atoms with van der Waals surface area (Å²) in [5.41, 5.74) is 1.86. The van der Waals surface area contributed by atoms with E-state index in [2.05, 4.69) is 29.6 Å². The first-order valence-corrected chi connectivity index (χ1v) is 10.7. The molecule has 5 heteroatoms. The Morgan fingerprint density at radius 3 is 1.93 bits per heavy atom. The average molecular weight is 409 g/mol. The molecule has 2 amide bonds. The van der Waals surface area contributed by atoms with E-state index in [1.807, 2.05) is 57.2 Å². The number of likely N-dealkylation sites (tertiary alicyclic amines) is 1. The smallest absolute Gasteiger partial charge is 0.410 e. The highest BCUT2D eigenvalue weighted by atomic mass is 16.6. The predicted molar refractivity (Wildman–Crippen MR) is 118 cm³/mol. The maximum absolute atomic E-state index is 12.8. The van der Waals surface area contributed by atoms with Crippen LogP contribution in [0.4, 0.5) is 4.79 Å². The van der Waals surface area contributed by atoms with Crippen molar-refractivity contribution in [1.82, 2.24) is 10.2 Å². The summed E-state index contributed by atoms with van der Waals surface area (Å²) in [5, 5.41) is 3.16. The normalized spacial score (nSPS) is 15.1. The van der Waals surface area contributed by atoms with Crippen molar-refractivity contribution in [1.29, 1.82) is 0 Å². The van der Waals surface area contributed by atoms with Gasteiger partial charge >= 0.3 is 6.09 Å². The van der Waals surface area contributed by atoms with Gasteiger partial charge in [-0.05, 0) is 44.7 Å². The SMILES string of the molecule is CC(C)(C)OC(=O)N1CCC(C(=O)NCC(c2ccccc2)c2ccccc2)CC1. The first kappa shape index (κ1) is 21.9. The zero-order chi connectivity index (χ0) is 21.6. The van der Waals surface area contributed by atoms with E-state index >= 15 is 0 Å². The number of amides is 2. The predicted octanol–water partition coefficient (Wildman–Crippen LogP) is 4.58. The second kappa shape index (κ2) is 9.79. The van der Waals surface area contributed by atoms with Crippen molar-refractivity contribution in [3.63, 3.8) is 0 Å². The van der Waals surface area contributed by atoms with E-state index in [0.717, 1.165) is 0 Å². The molecule has 1 N–H and O–H groups in total. The maximum atomic E-state index is 12.8. The van der Waals surface area contributed by atoms with Crippen LogP contribution in [-0.2, 0) is 9.53 Å². The Labute approximate surface area is 179 Å². The van der Waals surface area contributed by atoms with E-state index in [4.69, 9.17) is 4.74 Å². The highest BCUT2D eigenvalue weighted by Crippen LogP contribution is 2.25. The molecule has 0 radical (unpaired) electrons. The Kier molecular flexibility index (Phi) is 7.14. The second-order valence-electron chi connectivity index (χ2n) is 8.86. The molecule has 2 aromatic carbocycles. The van der Waals surface area contributed by atoms with Crippen molar-refractivity contribution in [3.05, 3.63) is 71.8 Å². The Morgan fingerprint density at radius 1 is 0.967 bits per heavy atom. The van der Waals surface area contributed by atoms with Gasteiger partial charge < -0.3 is 15.0 Å². The first-order chi connectivity index (χ1) is 14.3. The van der Waals surface area contributed by atoms with E-state index < -0.39 is 5.60 Å². The molecule has 0 saturated carbocycles. The van der Waals surface area contributed by atoms with Crippen molar-refractivity contribution in [2.45, 2.75) is 45.1 Å². The van der Waals surface area contributed by atoms with Crippen LogP contribution < -0.4 is 5.32 Å². The number of carbonyl (C=O) groups excluding carboxylic acids is 2. The highest BCUT2D eigenvalue weighted by molar-refractivity contribution is 5.79. The van der Waals surface area contributed by atoms with Gasteiger partial charge in [0.1, 0.15) is 5.60 Å². The third kappa shape index (κ3) is 6.09. The summed E-state index contributed by atoms with van der Waals surface area (Å²) >= 11 is 0. The minimum absolute atomic E-state index is 0.0655. The van der Waals surface area contributed by atoms with Crippen molar-refractivity contribution in [3.8, 4) is 0 Å². The second-order valence-corrected chi connectivity index (χ2v) is 8.86. The molecule has 0 unspecified atom stereocenters. The van der Waals surface area contributed by atoms with E-state index in [1.165, 1.54) is 11.1 Å². The summed E-state index contributed by atoms with van der Waals surface area (Å²) in [6.07, 6.45) is 1.02. The Hall–Kier alpha value is -2.82. The summed E-state index contributed by atoms with van der Waals surface area (Å²) in [6.45, 7) is 7.24. The Morgan fingerprint density at radius 2 is 1.47 bits per heavy atom. The van der Waals surface area contributed by atoms with Gasteiger partial charge in [-0.3, -0.25) is 4.79 Å². The van der Waals surface area contributed by atoms with E-state index in [9.17, 15) is 9.59 Å². The lowest BCUT2D eigenvalue weighted by Crippen LogP contribution is -2.45. The molecule has 30 heavy (non-hydrogen) atoms. The van der Waals surface area contributed by atoms with Gasteiger partial charge in [0.15, 0.2) is 0 Å². The standard InChI is InChI=1S/C25H32N2O3/c1-25(2,3)30-24(29)27-16-14-21(15-17-27)23(28)26-18-22(19-10-6-4-7-11-19)20-12-8-5-9-13-20/h4-13,21-22H,14-18H2,1-3H3,(H,26,28). The number of nitrogens with one attached hydrogen (secondary N) is 1. The van der Waals surface area contributed by atoms with Crippen molar-refractivity contribution in [2.75, 3.05) is 19.6 Å². The quantitative estimate of drug-likeness (QED) is 0.788. The Bertz CT molecular complexity index is 783. The monoisotopic (exact) mass is 408 g/mol. The van der Waals surface area contributed by atoms with Gasteiger partial charge in [-0.2, -0.15) is 0 Å². The number of hydrogen-bond donors (Lipinski definition) is 1. The van der Waals surface area contributed by atoms with Crippen LogP contribution in [0, 0.1) is 5.92 Å². The minimum Gasteiger partial charge on any atom is -0.444 e. The van der Waals surface area contributed by atoms with Gasteiger partial charge in [0.05, 0.1) is 0 Å². The lowest BCUT2D eigenvalue weighted by molar-refractivity contribution is -0.126. The van der Waals surface area contributed by atoms with Gasteiger partial charge in [-0.25, -0.2) is 4.79 Å². The van der Waals surface area contributed by atoms with E-state index in [1.54, 1.807) is 4.90 Å². The fourth-order valence-corrected chi connectivity index (χ4v) is 3.80. The minimum atomic E-state index is -0.505. The van der Waals surface area contributed by atoms with Gasteiger partial charge in [0.2, 0.25) is 5.91 Å².